The lowest BCUT2D eigenvalue weighted by Gasteiger charge is -2.25. The Kier molecular flexibility index (Phi) is 5.87. The molecule has 0 bridgehead atoms. The SMILES string of the molecule is O=C(CC1Sc2nnc(-c3cc(-c4ccc(Cl)cc4)n[nH]3)n2N=C1c1ccccc1)N1CCCC1. The van der Waals surface area contributed by atoms with Crippen molar-refractivity contribution in [3.05, 3.63) is 71.2 Å². The predicted octanol–water partition coefficient (Wildman–Crippen LogP) is 4.73. The van der Waals surface area contributed by atoms with E-state index in [0.717, 1.165) is 48.5 Å². The number of nitrogens with one attached hydrogen (secondary N) is 1. The Labute approximate surface area is 211 Å². The number of nitrogens with zero attached hydrogens (tertiary/aromatic N) is 6. The van der Waals surface area contributed by atoms with Crippen molar-refractivity contribution < 1.29 is 4.79 Å². The second-order valence-electron chi connectivity index (χ2n) is 8.54. The van der Waals surface area contributed by atoms with E-state index in [1.807, 2.05) is 65.6 Å². The molecule has 1 saturated heterocycles. The van der Waals surface area contributed by atoms with Crippen LogP contribution >= 0.6 is 23.4 Å². The number of fused-ring (bicyclic) bond motifs is 1. The van der Waals surface area contributed by atoms with Gasteiger partial charge in [-0.05, 0) is 36.6 Å². The summed E-state index contributed by atoms with van der Waals surface area (Å²) in [5, 5.41) is 22.4. The smallest absolute Gasteiger partial charge is 0.224 e. The number of halogens is 1. The first-order valence-electron chi connectivity index (χ1n) is 11.5. The zero-order valence-corrected chi connectivity index (χ0v) is 20.3. The van der Waals surface area contributed by atoms with Crippen LogP contribution in [0.4, 0.5) is 0 Å². The van der Waals surface area contributed by atoms with Crippen molar-refractivity contribution >= 4 is 35.0 Å². The van der Waals surface area contributed by atoms with Gasteiger partial charge in [-0.1, -0.05) is 65.8 Å². The number of aromatic amines is 1. The highest BCUT2D eigenvalue weighted by molar-refractivity contribution is 8.00. The highest BCUT2D eigenvalue weighted by Gasteiger charge is 2.33. The summed E-state index contributed by atoms with van der Waals surface area (Å²) in [5.74, 6) is 0.732. The van der Waals surface area contributed by atoms with E-state index in [1.54, 1.807) is 4.68 Å². The lowest BCUT2D eigenvalue weighted by Crippen LogP contribution is -2.34. The van der Waals surface area contributed by atoms with Crippen LogP contribution in [0.15, 0.2) is 70.9 Å². The molecule has 1 unspecified atom stereocenters. The highest BCUT2D eigenvalue weighted by Crippen LogP contribution is 2.35. The molecule has 0 radical (unpaired) electrons. The predicted molar refractivity (Wildman–Crippen MR) is 137 cm³/mol. The maximum Gasteiger partial charge on any atom is 0.224 e. The third-order valence-electron chi connectivity index (χ3n) is 6.22. The third-order valence-corrected chi connectivity index (χ3v) is 7.61. The number of carbonyl (C=O) groups excluding carboxylic acids is 1. The van der Waals surface area contributed by atoms with Gasteiger partial charge in [-0.25, -0.2) is 0 Å². The van der Waals surface area contributed by atoms with Crippen LogP contribution in [0.1, 0.15) is 24.8 Å². The summed E-state index contributed by atoms with van der Waals surface area (Å²) in [5.41, 5.74) is 4.25. The summed E-state index contributed by atoms with van der Waals surface area (Å²) in [4.78, 5) is 14.9. The molecular formula is C25H22ClN7OS. The van der Waals surface area contributed by atoms with E-state index in [-0.39, 0.29) is 11.2 Å². The van der Waals surface area contributed by atoms with Crippen LogP contribution in [0.2, 0.25) is 5.02 Å². The molecule has 0 aliphatic carbocycles. The number of carbonyl (C=O) groups is 1. The first kappa shape index (κ1) is 22.1. The minimum Gasteiger partial charge on any atom is -0.343 e. The molecule has 10 heteroatoms. The van der Waals surface area contributed by atoms with Gasteiger partial charge in [0.05, 0.1) is 16.7 Å². The van der Waals surface area contributed by atoms with E-state index in [4.69, 9.17) is 16.7 Å². The Balaban J connectivity index is 1.35. The van der Waals surface area contributed by atoms with Gasteiger partial charge in [0.15, 0.2) is 0 Å². The van der Waals surface area contributed by atoms with Crippen molar-refractivity contribution in [2.45, 2.75) is 29.7 Å². The molecule has 35 heavy (non-hydrogen) atoms. The van der Waals surface area contributed by atoms with Crippen LogP contribution in [0, 0.1) is 0 Å². The molecule has 1 atom stereocenters. The quantitative estimate of drug-likeness (QED) is 0.425. The summed E-state index contributed by atoms with van der Waals surface area (Å²) in [6.07, 6.45) is 2.53. The van der Waals surface area contributed by atoms with Crippen molar-refractivity contribution in [1.82, 2.24) is 30.0 Å². The zero-order valence-electron chi connectivity index (χ0n) is 18.8. The molecule has 2 aliphatic rings. The molecule has 0 spiro atoms. The highest BCUT2D eigenvalue weighted by atomic mass is 35.5. The Morgan fingerprint density at radius 1 is 1.03 bits per heavy atom. The van der Waals surface area contributed by atoms with Crippen molar-refractivity contribution in [1.29, 1.82) is 0 Å². The summed E-state index contributed by atoms with van der Waals surface area (Å²) in [7, 11) is 0. The number of H-pyrrole nitrogens is 1. The number of amides is 1. The maximum atomic E-state index is 13.0. The normalized spacial score (nSPS) is 17.3. The average Bonchev–Trinajstić information content (AvgIpc) is 3.65. The van der Waals surface area contributed by atoms with Gasteiger partial charge in [-0.15, -0.1) is 10.2 Å². The molecule has 8 nitrogen and oxygen atoms in total. The van der Waals surface area contributed by atoms with Gasteiger partial charge in [0, 0.05) is 30.1 Å². The summed E-state index contributed by atoms with van der Waals surface area (Å²) in [6.45, 7) is 1.67. The number of hydrogen-bond donors (Lipinski definition) is 1. The molecule has 2 aliphatic heterocycles. The molecule has 1 amide bonds. The first-order chi connectivity index (χ1) is 17.2. The molecule has 1 fully saturated rings. The van der Waals surface area contributed by atoms with E-state index in [2.05, 4.69) is 20.4 Å². The summed E-state index contributed by atoms with van der Waals surface area (Å²) < 4.78 is 1.74. The lowest BCUT2D eigenvalue weighted by molar-refractivity contribution is -0.129. The summed E-state index contributed by atoms with van der Waals surface area (Å²) >= 11 is 7.55. The first-order valence-corrected chi connectivity index (χ1v) is 12.8. The Hall–Kier alpha value is -3.43. The maximum absolute atomic E-state index is 13.0. The van der Waals surface area contributed by atoms with Gasteiger partial charge in [0.25, 0.3) is 0 Å². The van der Waals surface area contributed by atoms with Gasteiger partial charge in [0.2, 0.25) is 16.9 Å². The monoisotopic (exact) mass is 503 g/mol. The minimum absolute atomic E-state index is 0.138. The fraction of sp³-hybridized carbons (Fsp3) is 0.240. The standard InChI is InChI=1S/C25H22ClN7OS/c26-18-10-8-16(9-11-18)19-14-20(28-27-19)24-29-30-25-33(24)31-23(17-6-2-1-3-7-17)21(35-25)15-22(34)32-12-4-5-13-32/h1-3,6-11,14,21H,4-5,12-13,15H2,(H,27,28). The van der Waals surface area contributed by atoms with Crippen LogP contribution in [0.5, 0.6) is 0 Å². The number of thioether (sulfide) groups is 1. The van der Waals surface area contributed by atoms with Crippen molar-refractivity contribution in [3.8, 4) is 22.8 Å². The number of likely N-dealkylation sites (tertiary alicyclic amines) is 1. The van der Waals surface area contributed by atoms with E-state index >= 15 is 0 Å². The fourth-order valence-corrected chi connectivity index (χ4v) is 5.62. The molecule has 6 rings (SSSR count). The average molecular weight is 504 g/mol. The molecular weight excluding hydrogens is 482 g/mol. The molecule has 2 aromatic carbocycles. The van der Waals surface area contributed by atoms with Gasteiger partial charge >= 0.3 is 0 Å². The number of hydrogen-bond acceptors (Lipinski definition) is 6. The van der Waals surface area contributed by atoms with E-state index in [1.165, 1.54) is 11.8 Å². The van der Waals surface area contributed by atoms with Gasteiger partial charge in [-0.3, -0.25) is 9.89 Å². The van der Waals surface area contributed by atoms with Crippen molar-refractivity contribution in [2.75, 3.05) is 13.1 Å². The number of benzene rings is 2. The fourth-order valence-electron chi connectivity index (χ4n) is 4.40. The summed E-state index contributed by atoms with van der Waals surface area (Å²) in [6, 6.07) is 19.4. The molecule has 1 N–H and O–H groups in total. The molecule has 2 aromatic heterocycles. The van der Waals surface area contributed by atoms with Gasteiger partial charge in [-0.2, -0.15) is 14.9 Å². The topological polar surface area (TPSA) is 92.1 Å². The van der Waals surface area contributed by atoms with Crippen molar-refractivity contribution in [2.24, 2.45) is 5.10 Å². The van der Waals surface area contributed by atoms with E-state index in [9.17, 15) is 4.79 Å². The van der Waals surface area contributed by atoms with Crippen LogP contribution in [0.25, 0.3) is 22.8 Å². The second kappa shape index (κ2) is 9.31. The Morgan fingerprint density at radius 2 is 1.80 bits per heavy atom. The minimum atomic E-state index is -0.138. The Morgan fingerprint density at radius 3 is 2.57 bits per heavy atom. The largest absolute Gasteiger partial charge is 0.343 e. The van der Waals surface area contributed by atoms with E-state index in [0.29, 0.717) is 28.1 Å². The third kappa shape index (κ3) is 4.37. The van der Waals surface area contributed by atoms with Crippen LogP contribution < -0.4 is 0 Å². The van der Waals surface area contributed by atoms with Crippen LogP contribution in [-0.2, 0) is 4.79 Å². The van der Waals surface area contributed by atoms with Gasteiger partial charge in [0.1, 0.15) is 5.69 Å². The Bertz CT molecular complexity index is 1390. The van der Waals surface area contributed by atoms with Crippen molar-refractivity contribution in [3.63, 3.8) is 0 Å². The molecule has 4 heterocycles. The molecule has 4 aromatic rings. The molecule has 0 saturated carbocycles. The molecule has 176 valence electrons. The zero-order chi connectivity index (χ0) is 23.8. The van der Waals surface area contributed by atoms with E-state index < -0.39 is 0 Å². The number of aromatic nitrogens is 5. The van der Waals surface area contributed by atoms with Crippen LogP contribution in [0.3, 0.4) is 0 Å². The van der Waals surface area contributed by atoms with Gasteiger partial charge < -0.3 is 4.90 Å². The lowest BCUT2D eigenvalue weighted by atomic mass is 10.0. The van der Waals surface area contributed by atoms with Crippen LogP contribution in [-0.4, -0.2) is 59.9 Å². The second-order valence-corrected chi connectivity index (χ2v) is 10.1. The number of rotatable bonds is 5.